The van der Waals surface area contributed by atoms with E-state index in [4.69, 9.17) is 20.8 Å². The molecule has 1 N–H and O–H groups in total. The zero-order chi connectivity index (χ0) is 22.5. The Hall–Kier alpha value is -2.21. The number of hydrogen-bond donors (Lipinski definition) is 1. The van der Waals surface area contributed by atoms with Crippen LogP contribution in [0.5, 0.6) is 5.75 Å². The second-order valence-electron chi connectivity index (χ2n) is 5.90. The molecule has 1 aromatic heterocycles. The summed E-state index contributed by atoms with van der Waals surface area (Å²) in [5.74, 6) is 0.770. The predicted molar refractivity (Wildman–Crippen MR) is 127 cm³/mol. The van der Waals surface area contributed by atoms with Gasteiger partial charge in [-0.2, -0.15) is 5.10 Å². The summed E-state index contributed by atoms with van der Waals surface area (Å²) >= 11 is 16.2. The van der Waals surface area contributed by atoms with Gasteiger partial charge in [-0.3, -0.25) is 14.9 Å². The molecule has 0 unspecified atom stereocenters. The van der Waals surface area contributed by atoms with Gasteiger partial charge in [-0.1, -0.05) is 27.5 Å². The van der Waals surface area contributed by atoms with Crippen molar-refractivity contribution < 1.29 is 18.9 Å². The van der Waals surface area contributed by atoms with E-state index in [0.717, 1.165) is 4.47 Å². The molecular formula is C19H11Br3ClN3O5. The van der Waals surface area contributed by atoms with Crippen LogP contribution >= 0.6 is 59.4 Å². The minimum atomic E-state index is -0.531. The summed E-state index contributed by atoms with van der Waals surface area (Å²) in [6, 6.07) is 10.9. The van der Waals surface area contributed by atoms with Crippen molar-refractivity contribution >= 4 is 77.2 Å². The molecule has 1 heterocycles. The van der Waals surface area contributed by atoms with Crippen molar-refractivity contribution in [3.8, 4) is 17.1 Å². The average molecular weight is 636 g/mol. The van der Waals surface area contributed by atoms with Crippen LogP contribution in [0.3, 0.4) is 0 Å². The Labute approximate surface area is 206 Å². The van der Waals surface area contributed by atoms with Crippen molar-refractivity contribution in [2.24, 2.45) is 5.10 Å². The highest BCUT2D eigenvalue weighted by molar-refractivity contribution is 9.11. The molecule has 0 aliphatic carbocycles. The lowest BCUT2D eigenvalue weighted by atomic mass is 10.1. The molecule has 3 aromatic rings. The molecule has 0 bridgehead atoms. The fourth-order valence-electron chi connectivity index (χ4n) is 2.39. The number of halogens is 4. The number of nitrogens with one attached hydrogen (secondary N) is 1. The van der Waals surface area contributed by atoms with Gasteiger partial charge >= 0.3 is 0 Å². The largest absolute Gasteiger partial charge is 0.481 e. The van der Waals surface area contributed by atoms with Gasteiger partial charge in [-0.15, -0.1) is 0 Å². The van der Waals surface area contributed by atoms with E-state index < -0.39 is 10.8 Å². The SMILES string of the molecule is O=C(COc1c(Br)cc(Br)cc1Br)NN=Cc1ccc(-c2ccc([N+](=O)[O-])cc2Cl)o1. The van der Waals surface area contributed by atoms with E-state index in [0.29, 0.717) is 31.8 Å². The third-order valence-corrected chi connectivity index (χ3v) is 5.70. The molecule has 0 radical (unpaired) electrons. The molecule has 8 nitrogen and oxygen atoms in total. The van der Waals surface area contributed by atoms with Crippen molar-refractivity contribution in [3.63, 3.8) is 0 Å². The molecule has 3 rings (SSSR count). The number of carbonyl (C=O) groups excluding carboxylic acids is 1. The van der Waals surface area contributed by atoms with Crippen LogP contribution in [0.4, 0.5) is 5.69 Å². The van der Waals surface area contributed by atoms with Gasteiger partial charge in [0.05, 0.1) is 25.1 Å². The van der Waals surface area contributed by atoms with Crippen LogP contribution in [-0.4, -0.2) is 23.7 Å². The molecule has 0 fully saturated rings. The Balaban J connectivity index is 1.58. The number of amides is 1. The second kappa shape index (κ2) is 10.4. The highest BCUT2D eigenvalue weighted by Crippen LogP contribution is 2.36. The van der Waals surface area contributed by atoms with Crippen LogP contribution in [0.2, 0.25) is 5.02 Å². The Morgan fingerprint density at radius 3 is 2.55 bits per heavy atom. The normalized spacial score (nSPS) is 11.0. The molecule has 12 heteroatoms. The number of non-ortho nitro benzene ring substituents is 1. The van der Waals surface area contributed by atoms with Crippen LogP contribution < -0.4 is 10.2 Å². The summed E-state index contributed by atoms with van der Waals surface area (Å²) in [5.41, 5.74) is 2.72. The van der Waals surface area contributed by atoms with E-state index in [1.807, 2.05) is 0 Å². The van der Waals surface area contributed by atoms with Crippen molar-refractivity contribution in [2.45, 2.75) is 0 Å². The number of carbonyl (C=O) groups is 1. The molecule has 0 atom stereocenters. The number of nitrogens with zero attached hydrogens (tertiary/aromatic N) is 2. The van der Waals surface area contributed by atoms with Crippen LogP contribution in [-0.2, 0) is 4.79 Å². The van der Waals surface area contributed by atoms with E-state index in [1.54, 1.807) is 24.3 Å². The lowest BCUT2D eigenvalue weighted by molar-refractivity contribution is -0.384. The first-order chi connectivity index (χ1) is 14.7. The molecule has 0 aliphatic heterocycles. The first-order valence-electron chi connectivity index (χ1n) is 8.38. The van der Waals surface area contributed by atoms with Gasteiger partial charge in [0, 0.05) is 22.2 Å². The minimum Gasteiger partial charge on any atom is -0.481 e. The number of nitro groups is 1. The minimum absolute atomic E-state index is 0.116. The van der Waals surface area contributed by atoms with Gasteiger partial charge in [0.2, 0.25) is 0 Å². The predicted octanol–water partition coefficient (Wildman–Crippen LogP) is 6.32. The topological polar surface area (TPSA) is 107 Å². The Morgan fingerprint density at radius 2 is 1.90 bits per heavy atom. The smallest absolute Gasteiger partial charge is 0.277 e. The Morgan fingerprint density at radius 1 is 1.19 bits per heavy atom. The van der Waals surface area contributed by atoms with Gasteiger partial charge in [0.1, 0.15) is 17.3 Å². The standard InChI is InChI=1S/C19H11Br3ClN3O5/c20-10-5-14(21)19(15(22)6-10)30-9-18(27)25-24-8-12-2-4-17(31-12)13-3-1-11(26(28)29)7-16(13)23/h1-8H,9H2,(H,25,27). The third kappa shape index (κ3) is 6.16. The second-order valence-corrected chi connectivity index (χ2v) is 8.94. The Bertz CT molecular complexity index is 1160. The van der Waals surface area contributed by atoms with E-state index in [2.05, 4.69) is 58.3 Å². The summed E-state index contributed by atoms with van der Waals surface area (Å²) in [6.07, 6.45) is 1.31. The summed E-state index contributed by atoms with van der Waals surface area (Å²) < 4.78 is 13.3. The molecule has 2 aromatic carbocycles. The summed E-state index contributed by atoms with van der Waals surface area (Å²) in [5, 5.41) is 14.8. The van der Waals surface area contributed by atoms with Gasteiger partial charge in [0.15, 0.2) is 6.61 Å². The van der Waals surface area contributed by atoms with Crippen LogP contribution in [0.25, 0.3) is 11.3 Å². The summed E-state index contributed by atoms with van der Waals surface area (Å²) in [7, 11) is 0. The number of hydrogen-bond acceptors (Lipinski definition) is 6. The highest BCUT2D eigenvalue weighted by Gasteiger charge is 2.14. The zero-order valence-corrected chi connectivity index (χ0v) is 20.8. The van der Waals surface area contributed by atoms with Crippen LogP contribution in [0.15, 0.2) is 65.4 Å². The van der Waals surface area contributed by atoms with Crippen molar-refractivity contribution in [2.75, 3.05) is 6.61 Å². The fourth-order valence-corrected chi connectivity index (χ4v) is 5.14. The monoisotopic (exact) mass is 633 g/mol. The van der Waals surface area contributed by atoms with E-state index in [1.165, 1.54) is 24.4 Å². The number of hydrazone groups is 1. The molecule has 0 saturated carbocycles. The first-order valence-corrected chi connectivity index (χ1v) is 11.1. The number of benzene rings is 2. The number of ether oxygens (including phenoxy) is 1. The maximum absolute atomic E-state index is 12.0. The van der Waals surface area contributed by atoms with E-state index in [-0.39, 0.29) is 17.3 Å². The lowest BCUT2D eigenvalue weighted by Crippen LogP contribution is -2.24. The number of furan rings is 1. The van der Waals surface area contributed by atoms with E-state index in [9.17, 15) is 14.9 Å². The average Bonchev–Trinajstić information content (AvgIpc) is 3.15. The van der Waals surface area contributed by atoms with Crippen molar-refractivity contribution in [1.82, 2.24) is 5.43 Å². The fraction of sp³-hybridized carbons (Fsp3) is 0.0526. The molecular weight excluding hydrogens is 625 g/mol. The van der Waals surface area contributed by atoms with Gasteiger partial charge in [-0.05, 0) is 62.2 Å². The molecule has 1 amide bonds. The summed E-state index contributed by atoms with van der Waals surface area (Å²) in [4.78, 5) is 22.2. The van der Waals surface area contributed by atoms with Gasteiger partial charge in [-0.25, -0.2) is 5.43 Å². The molecule has 0 saturated heterocycles. The lowest BCUT2D eigenvalue weighted by Gasteiger charge is -2.09. The van der Waals surface area contributed by atoms with Crippen molar-refractivity contribution in [3.05, 3.63) is 76.8 Å². The number of rotatable bonds is 7. The Kier molecular flexibility index (Phi) is 7.87. The highest BCUT2D eigenvalue weighted by atomic mass is 79.9. The molecule has 0 aliphatic rings. The summed E-state index contributed by atoms with van der Waals surface area (Å²) in [6.45, 7) is -0.252. The maximum Gasteiger partial charge on any atom is 0.277 e. The van der Waals surface area contributed by atoms with Gasteiger partial charge in [0.25, 0.3) is 11.6 Å². The first kappa shape index (κ1) is 23.5. The third-order valence-electron chi connectivity index (χ3n) is 3.75. The molecule has 31 heavy (non-hydrogen) atoms. The molecule has 0 spiro atoms. The quantitative estimate of drug-likeness (QED) is 0.186. The van der Waals surface area contributed by atoms with Crippen molar-refractivity contribution in [1.29, 1.82) is 0 Å². The molecule has 160 valence electrons. The van der Waals surface area contributed by atoms with Gasteiger partial charge < -0.3 is 9.15 Å². The maximum atomic E-state index is 12.0. The number of nitro benzene ring substituents is 1. The van der Waals surface area contributed by atoms with E-state index >= 15 is 0 Å². The van der Waals surface area contributed by atoms with Crippen LogP contribution in [0, 0.1) is 10.1 Å². The van der Waals surface area contributed by atoms with Crippen LogP contribution in [0.1, 0.15) is 5.76 Å². The zero-order valence-electron chi connectivity index (χ0n) is 15.3.